The van der Waals surface area contributed by atoms with Crippen molar-refractivity contribution < 1.29 is 18.9 Å². The van der Waals surface area contributed by atoms with Crippen LogP contribution in [0, 0.1) is 0 Å². The number of aryl methyl sites for hydroxylation is 1. The Bertz CT molecular complexity index is 630. The average molecular weight is 445 g/mol. The van der Waals surface area contributed by atoms with Crippen molar-refractivity contribution in [1.29, 1.82) is 0 Å². The molecule has 0 bridgehead atoms. The molecule has 0 amide bonds. The van der Waals surface area contributed by atoms with Gasteiger partial charge in [0.05, 0.1) is 12.7 Å². The third-order valence-corrected chi connectivity index (χ3v) is 6.49. The van der Waals surface area contributed by atoms with E-state index in [0.717, 1.165) is 56.8 Å². The normalized spacial score (nSPS) is 21.6. The van der Waals surface area contributed by atoms with Gasteiger partial charge in [-0.1, -0.05) is 38.2 Å². The molecule has 2 unspecified atom stereocenters. The zero-order valence-corrected chi connectivity index (χ0v) is 20.0. The summed E-state index contributed by atoms with van der Waals surface area (Å²) in [5.41, 5.74) is 1.24. The van der Waals surface area contributed by atoms with Gasteiger partial charge in [0, 0.05) is 13.0 Å². The Kier molecular flexibility index (Phi) is 12.0. The number of hydrogen-bond donors (Lipinski definition) is 0. The second kappa shape index (κ2) is 15.3. The molecule has 2 atom stereocenters. The molecule has 32 heavy (non-hydrogen) atoms. The summed E-state index contributed by atoms with van der Waals surface area (Å²) in [6.45, 7) is 6.10. The van der Waals surface area contributed by atoms with Gasteiger partial charge in [0.2, 0.25) is 0 Å². The molecule has 2 aliphatic heterocycles. The predicted molar refractivity (Wildman–Crippen MR) is 131 cm³/mol. The molecule has 2 aliphatic rings. The van der Waals surface area contributed by atoms with E-state index in [1.54, 1.807) is 0 Å². The zero-order valence-electron chi connectivity index (χ0n) is 20.0. The average Bonchev–Trinajstić information content (AvgIpc) is 3.10. The van der Waals surface area contributed by atoms with E-state index in [-0.39, 0.29) is 12.4 Å². The molecule has 3 rings (SSSR count). The lowest BCUT2D eigenvalue weighted by Gasteiger charge is -2.23. The fraction of sp³-hybridized carbons (Fsp3) is 0.714. The smallest absolute Gasteiger partial charge is 0.199 e. The quantitative estimate of drug-likeness (QED) is 0.221. The van der Waals surface area contributed by atoms with Crippen LogP contribution in [0.1, 0.15) is 95.5 Å². The standard InChI is InChI=1S/C28H44O4/c1-2-3-4-5-6-7-8-10-15-24-22-25(31-23-26-16-12-14-20-29-26)18-19-27(24)32-28-17-11-9-13-21-30-28/h2,18-19,22,26,28H,1,3-17,20-21,23H2. The van der Waals surface area contributed by atoms with Crippen molar-refractivity contribution in [3.63, 3.8) is 0 Å². The number of unbranched alkanes of at least 4 members (excludes halogenated alkanes) is 6. The van der Waals surface area contributed by atoms with E-state index in [0.29, 0.717) is 6.61 Å². The highest BCUT2D eigenvalue weighted by Gasteiger charge is 2.18. The summed E-state index contributed by atoms with van der Waals surface area (Å²) in [5, 5.41) is 0. The van der Waals surface area contributed by atoms with Crippen LogP contribution in [-0.4, -0.2) is 32.2 Å². The molecule has 1 aromatic rings. The first kappa shape index (κ1) is 25.1. The lowest BCUT2D eigenvalue weighted by molar-refractivity contribution is -0.0772. The van der Waals surface area contributed by atoms with Crippen molar-refractivity contribution in [2.45, 2.75) is 109 Å². The fourth-order valence-corrected chi connectivity index (χ4v) is 4.52. The summed E-state index contributed by atoms with van der Waals surface area (Å²) in [6, 6.07) is 6.30. The van der Waals surface area contributed by atoms with Gasteiger partial charge in [-0.15, -0.1) is 6.58 Å². The second-order valence-corrected chi connectivity index (χ2v) is 9.29. The Morgan fingerprint density at radius 2 is 1.66 bits per heavy atom. The van der Waals surface area contributed by atoms with Crippen LogP contribution in [0.2, 0.25) is 0 Å². The van der Waals surface area contributed by atoms with Gasteiger partial charge in [-0.05, 0) is 81.5 Å². The van der Waals surface area contributed by atoms with E-state index in [4.69, 9.17) is 18.9 Å². The van der Waals surface area contributed by atoms with Crippen LogP contribution in [0.3, 0.4) is 0 Å². The summed E-state index contributed by atoms with van der Waals surface area (Å²) in [5.74, 6) is 1.89. The number of ether oxygens (including phenoxy) is 4. The second-order valence-electron chi connectivity index (χ2n) is 9.29. The molecular weight excluding hydrogens is 400 g/mol. The molecule has 0 spiro atoms. The summed E-state index contributed by atoms with van der Waals surface area (Å²) >= 11 is 0. The van der Waals surface area contributed by atoms with Crippen molar-refractivity contribution in [3.8, 4) is 11.5 Å². The largest absolute Gasteiger partial charge is 0.491 e. The molecule has 2 saturated heterocycles. The summed E-state index contributed by atoms with van der Waals surface area (Å²) in [7, 11) is 0. The van der Waals surface area contributed by atoms with Crippen LogP contribution in [0.4, 0.5) is 0 Å². The van der Waals surface area contributed by atoms with E-state index in [2.05, 4.69) is 18.7 Å². The molecule has 2 fully saturated rings. The number of benzene rings is 1. The molecule has 0 radical (unpaired) electrons. The van der Waals surface area contributed by atoms with Crippen LogP contribution >= 0.6 is 0 Å². The Hall–Kier alpha value is -1.52. The van der Waals surface area contributed by atoms with E-state index in [1.807, 2.05) is 12.1 Å². The highest BCUT2D eigenvalue weighted by Crippen LogP contribution is 2.29. The van der Waals surface area contributed by atoms with Crippen LogP contribution in [-0.2, 0) is 15.9 Å². The van der Waals surface area contributed by atoms with Crippen LogP contribution in [0.5, 0.6) is 11.5 Å². The Morgan fingerprint density at radius 3 is 2.50 bits per heavy atom. The molecule has 1 aromatic carbocycles. The van der Waals surface area contributed by atoms with E-state index >= 15 is 0 Å². The maximum Gasteiger partial charge on any atom is 0.199 e. The zero-order chi connectivity index (χ0) is 22.3. The van der Waals surface area contributed by atoms with Gasteiger partial charge in [-0.2, -0.15) is 0 Å². The first-order chi connectivity index (χ1) is 15.8. The topological polar surface area (TPSA) is 36.9 Å². The first-order valence-corrected chi connectivity index (χ1v) is 13.1. The van der Waals surface area contributed by atoms with Crippen molar-refractivity contribution in [1.82, 2.24) is 0 Å². The van der Waals surface area contributed by atoms with Gasteiger partial charge in [-0.25, -0.2) is 0 Å². The van der Waals surface area contributed by atoms with Gasteiger partial charge < -0.3 is 18.9 Å². The monoisotopic (exact) mass is 444 g/mol. The Balaban J connectivity index is 1.52. The van der Waals surface area contributed by atoms with Gasteiger partial charge in [0.25, 0.3) is 0 Å². The summed E-state index contributed by atoms with van der Waals surface area (Å²) in [6.07, 6.45) is 19.9. The predicted octanol–water partition coefficient (Wildman–Crippen LogP) is 7.39. The maximum absolute atomic E-state index is 6.33. The number of allylic oxidation sites excluding steroid dienone is 1. The Labute approximate surface area is 195 Å². The number of hydrogen-bond acceptors (Lipinski definition) is 4. The molecule has 0 aliphatic carbocycles. The molecule has 4 heteroatoms. The van der Waals surface area contributed by atoms with Gasteiger partial charge in [0.15, 0.2) is 6.29 Å². The highest BCUT2D eigenvalue weighted by atomic mass is 16.7. The van der Waals surface area contributed by atoms with Crippen molar-refractivity contribution in [3.05, 3.63) is 36.4 Å². The van der Waals surface area contributed by atoms with Crippen molar-refractivity contribution in [2.75, 3.05) is 19.8 Å². The molecule has 0 N–H and O–H groups in total. The van der Waals surface area contributed by atoms with E-state index in [1.165, 1.54) is 69.8 Å². The lowest BCUT2D eigenvalue weighted by Crippen LogP contribution is -2.25. The third-order valence-electron chi connectivity index (χ3n) is 6.49. The minimum Gasteiger partial charge on any atom is -0.491 e. The minimum atomic E-state index is -0.122. The van der Waals surface area contributed by atoms with Crippen LogP contribution < -0.4 is 9.47 Å². The van der Waals surface area contributed by atoms with E-state index in [9.17, 15) is 0 Å². The first-order valence-electron chi connectivity index (χ1n) is 13.1. The molecule has 180 valence electrons. The summed E-state index contributed by atoms with van der Waals surface area (Å²) in [4.78, 5) is 0. The lowest BCUT2D eigenvalue weighted by atomic mass is 10.0. The SMILES string of the molecule is C=CCCCCCCCCc1cc(OCC2CCCCO2)ccc1OC1CCCCCO1. The highest BCUT2D eigenvalue weighted by molar-refractivity contribution is 5.40. The number of rotatable bonds is 14. The fourth-order valence-electron chi connectivity index (χ4n) is 4.52. The Morgan fingerprint density at radius 1 is 0.875 bits per heavy atom. The van der Waals surface area contributed by atoms with Crippen LogP contribution in [0.15, 0.2) is 30.9 Å². The van der Waals surface area contributed by atoms with Gasteiger partial charge >= 0.3 is 0 Å². The van der Waals surface area contributed by atoms with Crippen molar-refractivity contribution in [2.24, 2.45) is 0 Å². The van der Waals surface area contributed by atoms with Gasteiger partial charge in [0.1, 0.15) is 18.1 Å². The minimum absolute atomic E-state index is 0.122. The third kappa shape index (κ3) is 9.54. The molecule has 0 saturated carbocycles. The molecular formula is C28H44O4. The van der Waals surface area contributed by atoms with E-state index < -0.39 is 0 Å². The molecule has 4 nitrogen and oxygen atoms in total. The van der Waals surface area contributed by atoms with Crippen molar-refractivity contribution >= 4 is 0 Å². The van der Waals surface area contributed by atoms with Gasteiger partial charge in [-0.3, -0.25) is 0 Å². The molecule has 0 aromatic heterocycles. The van der Waals surface area contributed by atoms with Crippen LogP contribution in [0.25, 0.3) is 0 Å². The molecule has 2 heterocycles. The summed E-state index contributed by atoms with van der Waals surface area (Å²) < 4.78 is 24.2. The maximum atomic E-state index is 6.33.